The number of nitrogens with one attached hydrogen (secondary N) is 2. The Morgan fingerprint density at radius 2 is 1.75 bits per heavy atom. The number of carbonyl (C=O) groups excluding carboxylic acids is 2. The Hall–Kier alpha value is -3.42. The number of hydrogen-bond acceptors (Lipinski definition) is 6. The zero-order chi connectivity index (χ0) is 26.9. The molecule has 2 aromatic carbocycles. The highest BCUT2D eigenvalue weighted by Gasteiger charge is 2.66. The first kappa shape index (κ1) is 27.2. The Morgan fingerprint density at radius 1 is 1.17 bits per heavy atom. The number of urea groups is 1. The van der Waals surface area contributed by atoms with Crippen LogP contribution in [-0.2, 0) is 10.0 Å². The molecule has 194 valence electrons. The predicted octanol–water partition coefficient (Wildman–Crippen LogP) is 2.61. The summed E-state index contributed by atoms with van der Waals surface area (Å²) >= 11 is 0. The van der Waals surface area contributed by atoms with Gasteiger partial charge < -0.3 is 20.5 Å². The zero-order valence-corrected chi connectivity index (χ0v) is 20.1. The summed E-state index contributed by atoms with van der Waals surface area (Å²) in [5, 5.41) is 14.4. The van der Waals surface area contributed by atoms with Crippen LogP contribution in [0, 0.1) is 5.92 Å². The van der Waals surface area contributed by atoms with Gasteiger partial charge in [0, 0.05) is 19.7 Å². The number of nitrogens with zero attached hydrogens (tertiary/aromatic N) is 1. The van der Waals surface area contributed by atoms with Gasteiger partial charge in [0.15, 0.2) is 5.78 Å². The monoisotopic (exact) mass is 527 g/mol. The molecule has 36 heavy (non-hydrogen) atoms. The lowest BCUT2D eigenvalue weighted by atomic mass is 9.77. The van der Waals surface area contributed by atoms with Crippen molar-refractivity contribution in [1.82, 2.24) is 14.9 Å². The molecular weight excluding hydrogens is 503 g/mol. The van der Waals surface area contributed by atoms with E-state index in [1.807, 2.05) is 0 Å². The zero-order valence-electron chi connectivity index (χ0n) is 19.2. The van der Waals surface area contributed by atoms with Gasteiger partial charge in [-0.3, -0.25) is 4.79 Å². The maximum absolute atomic E-state index is 14.1. The van der Waals surface area contributed by atoms with E-state index >= 15 is 0 Å². The van der Waals surface area contributed by atoms with E-state index in [4.69, 9.17) is 4.74 Å². The minimum Gasteiger partial charge on any atom is -0.490 e. The van der Waals surface area contributed by atoms with Crippen molar-refractivity contribution in [2.45, 2.75) is 22.8 Å². The van der Waals surface area contributed by atoms with Crippen molar-refractivity contribution in [1.29, 1.82) is 0 Å². The summed E-state index contributed by atoms with van der Waals surface area (Å²) in [7, 11) is -1.26. The second-order valence-electron chi connectivity index (χ2n) is 8.16. The van der Waals surface area contributed by atoms with Crippen LogP contribution in [0.25, 0.3) is 0 Å². The average molecular weight is 528 g/mol. The Kier molecular flexibility index (Phi) is 7.48. The fourth-order valence-electron chi connectivity index (χ4n) is 3.72. The molecule has 0 aliphatic carbocycles. The lowest BCUT2D eigenvalue weighted by Gasteiger charge is -2.45. The Balaban J connectivity index is 2.07. The van der Waals surface area contributed by atoms with Gasteiger partial charge in [0.05, 0.1) is 10.9 Å². The fourth-order valence-corrected chi connectivity index (χ4v) is 4.63. The molecule has 13 heteroatoms. The van der Waals surface area contributed by atoms with Crippen molar-refractivity contribution in [3.8, 4) is 5.75 Å². The molecule has 0 aromatic heterocycles. The van der Waals surface area contributed by atoms with Crippen LogP contribution in [0.5, 0.6) is 5.75 Å². The van der Waals surface area contributed by atoms with E-state index < -0.39 is 45.7 Å². The molecule has 3 N–H and O–H groups in total. The standard InChI is InChI=1S/C23H24F3N3O6S/c1-4-13-35-16-9-5-14(6-10-16)19-18(22(32,23(24,25)26)28-21(31)27-19)20(30)15-7-11-17(12-8-15)36(33,34)29(2)3/h4-12,18-19,32H,1,13H2,2-3H3,(H2,27,28,31)/t18-,19-,22+/m0/s1. The van der Waals surface area contributed by atoms with Crippen LogP contribution in [-0.4, -0.2) is 62.2 Å². The number of hydrogen-bond donors (Lipinski definition) is 3. The molecule has 1 fully saturated rings. The van der Waals surface area contributed by atoms with Crippen molar-refractivity contribution in [3.63, 3.8) is 0 Å². The van der Waals surface area contributed by atoms with Gasteiger partial charge in [-0.1, -0.05) is 36.9 Å². The van der Waals surface area contributed by atoms with E-state index in [-0.39, 0.29) is 22.6 Å². The van der Waals surface area contributed by atoms with Crippen molar-refractivity contribution >= 4 is 21.8 Å². The number of benzene rings is 2. The number of aliphatic hydroxyl groups is 1. The highest BCUT2D eigenvalue weighted by Crippen LogP contribution is 2.44. The van der Waals surface area contributed by atoms with Crippen LogP contribution in [0.3, 0.4) is 0 Å². The van der Waals surface area contributed by atoms with Gasteiger partial charge in [0.1, 0.15) is 18.3 Å². The molecule has 0 bridgehead atoms. The summed E-state index contributed by atoms with van der Waals surface area (Å²) in [5.74, 6) is -3.06. The fraction of sp³-hybridized carbons (Fsp3) is 0.304. The maximum Gasteiger partial charge on any atom is 0.437 e. The third-order valence-corrected chi connectivity index (χ3v) is 7.44. The van der Waals surface area contributed by atoms with Crippen molar-refractivity contribution in [3.05, 3.63) is 72.3 Å². The molecule has 0 unspecified atom stereocenters. The van der Waals surface area contributed by atoms with Crippen LogP contribution in [0.4, 0.5) is 18.0 Å². The third-order valence-electron chi connectivity index (χ3n) is 5.61. The largest absolute Gasteiger partial charge is 0.490 e. The lowest BCUT2D eigenvalue weighted by Crippen LogP contribution is -2.72. The second kappa shape index (κ2) is 9.91. The van der Waals surface area contributed by atoms with E-state index in [0.717, 1.165) is 28.6 Å². The van der Waals surface area contributed by atoms with Gasteiger partial charge in [0.25, 0.3) is 0 Å². The van der Waals surface area contributed by atoms with Crippen molar-refractivity contribution < 1.29 is 41.0 Å². The molecule has 9 nitrogen and oxygen atoms in total. The molecule has 1 aliphatic heterocycles. The van der Waals surface area contributed by atoms with E-state index in [1.54, 1.807) is 0 Å². The topological polar surface area (TPSA) is 125 Å². The first-order valence-electron chi connectivity index (χ1n) is 10.5. The Labute approximate surface area is 205 Å². The minimum absolute atomic E-state index is 0.101. The highest BCUT2D eigenvalue weighted by molar-refractivity contribution is 7.89. The van der Waals surface area contributed by atoms with Gasteiger partial charge in [0.2, 0.25) is 15.7 Å². The molecule has 1 aliphatic rings. The first-order chi connectivity index (χ1) is 16.7. The van der Waals surface area contributed by atoms with Crippen LogP contribution in [0.2, 0.25) is 0 Å². The first-order valence-corrected chi connectivity index (χ1v) is 11.9. The van der Waals surface area contributed by atoms with Crippen LogP contribution < -0.4 is 15.4 Å². The van der Waals surface area contributed by atoms with E-state index in [1.165, 1.54) is 49.8 Å². The molecule has 0 saturated carbocycles. The van der Waals surface area contributed by atoms with Gasteiger partial charge in [-0.25, -0.2) is 17.5 Å². The highest BCUT2D eigenvalue weighted by atomic mass is 32.2. The predicted molar refractivity (Wildman–Crippen MR) is 123 cm³/mol. The third kappa shape index (κ3) is 5.08. The summed E-state index contributed by atoms with van der Waals surface area (Å²) in [4.78, 5) is 25.4. The SMILES string of the molecule is C=CCOc1ccc([C@@H]2NC(=O)N[C@](O)(C(F)(F)F)[C@@H]2C(=O)c2ccc(S(=O)(=O)N(C)C)cc2)cc1. The molecule has 1 heterocycles. The maximum atomic E-state index is 14.1. The number of rotatable bonds is 8. The number of carbonyl (C=O) groups is 2. The smallest absolute Gasteiger partial charge is 0.437 e. The summed E-state index contributed by atoms with van der Waals surface area (Å²) in [6, 6.07) is 6.92. The molecule has 2 aromatic rings. The normalized spacial score (nSPS) is 22.5. The number of alkyl halides is 3. The molecule has 1 saturated heterocycles. The average Bonchev–Trinajstić information content (AvgIpc) is 2.81. The Morgan fingerprint density at radius 3 is 2.25 bits per heavy atom. The van der Waals surface area contributed by atoms with Crippen LogP contribution in [0.1, 0.15) is 22.0 Å². The molecule has 3 atom stereocenters. The Bertz CT molecular complexity index is 1250. The number of halogens is 3. The summed E-state index contributed by atoms with van der Waals surface area (Å²) in [6.45, 7) is 3.69. The van der Waals surface area contributed by atoms with Crippen LogP contribution >= 0.6 is 0 Å². The second-order valence-corrected chi connectivity index (χ2v) is 10.3. The van der Waals surface area contributed by atoms with E-state index in [0.29, 0.717) is 5.75 Å². The van der Waals surface area contributed by atoms with Crippen LogP contribution in [0.15, 0.2) is 66.1 Å². The molecule has 3 rings (SSSR count). The number of Topliss-reactive ketones (excluding diaryl/α,β-unsaturated/α-hetero) is 1. The minimum atomic E-state index is -5.43. The van der Waals surface area contributed by atoms with Gasteiger partial charge in [-0.05, 0) is 29.8 Å². The van der Waals surface area contributed by atoms with Gasteiger partial charge >= 0.3 is 12.2 Å². The van der Waals surface area contributed by atoms with E-state index in [9.17, 15) is 36.3 Å². The van der Waals surface area contributed by atoms with Crippen molar-refractivity contribution in [2.24, 2.45) is 5.92 Å². The lowest BCUT2D eigenvalue weighted by molar-refractivity contribution is -0.287. The summed E-state index contributed by atoms with van der Waals surface area (Å²) in [6.07, 6.45) is -3.93. The number of ether oxygens (including phenoxy) is 1. The number of ketones is 1. The van der Waals surface area contributed by atoms with Gasteiger partial charge in [-0.2, -0.15) is 13.2 Å². The molecule has 2 amide bonds. The summed E-state index contributed by atoms with van der Waals surface area (Å²) in [5.41, 5.74) is -4.11. The molecule has 0 spiro atoms. The number of sulfonamides is 1. The van der Waals surface area contributed by atoms with Gasteiger partial charge in [-0.15, -0.1) is 0 Å². The molecular formula is C23H24F3N3O6S. The molecule has 0 radical (unpaired) electrons. The summed E-state index contributed by atoms with van der Waals surface area (Å²) < 4.78 is 73.1. The number of amides is 2. The quantitative estimate of drug-likeness (QED) is 0.358. The van der Waals surface area contributed by atoms with E-state index in [2.05, 4.69) is 11.9 Å². The van der Waals surface area contributed by atoms with Crippen molar-refractivity contribution in [2.75, 3.05) is 20.7 Å².